The Morgan fingerprint density at radius 3 is 2.47 bits per heavy atom. The number of hydrogen-bond donors (Lipinski definition) is 2. The fraction of sp³-hybridized carbons (Fsp3) is 0.395. The highest BCUT2D eigenvalue weighted by Gasteiger charge is 2.48. The van der Waals surface area contributed by atoms with E-state index in [1.807, 2.05) is 41.3 Å². The summed E-state index contributed by atoms with van der Waals surface area (Å²) in [4.78, 5) is 27.3. The maximum absolute atomic E-state index is 13.9. The van der Waals surface area contributed by atoms with Gasteiger partial charge in [0.2, 0.25) is 5.91 Å². The van der Waals surface area contributed by atoms with E-state index in [1.54, 1.807) is 18.6 Å². The molecule has 0 saturated carbocycles. The van der Waals surface area contributed by atoms with E-state index < -0.39 is 6.29 Å². The van der Waals surface area contributed by atoms with E-state index in [-0.39, 0.29) is 11.3 Å². The second kappa shape index (κ2) is 15.5. The van der Waals surface area contributed by atoms with Gasteiger partial charge in [-0.25, -0.2) is 4.99 Å². The molecule has 0 aliphatic carbocycles. The van der Waals surface area contributed by atoms with Crippen LogP contribution in [0.15, 0.2) is 95.4 Å². The summed E-state index contributed by atoms with van der Waals surface area (Å²) in [5.74, 6) is 0.220. The van der Waals surface area contributed by atoms with Gasteiger partial charge in [-0.05, 0) is 67.3 Å². The van der Waals surface area contributed by atoms with Gasteiger partial charge in [-0.2, -0.15) is 0 Å². The fourth-order valence-electron chi connectivity index (χ4n) is 6.93. The first-order valence-corrected chi connectivity index (χ1v) is 18.3. The molecule has 47 heavy (non-hydrogen) atoms. The highest BCUT2D eigenvalue weighted by molar-refractivity contribution is 9.09. The Balaban J connectivity index is 1.04. The number of nitrogens with one attached hydrogen (secondary N) is 2. The number of alkyl halides is 1. The number of anilines is 2. The largest absolute Gasteiger partial charge is 0.375 e. The zero-order chi connectivity index (χ0) is 32.6. The molecule has 246 valence electrons. The molecular weight excluding hydrogens is 672 g/mol. The van der Waals surface area contributed by atoms with E-state index in [0.717, 1.165) is 77.9 Å². The van der Waals surface area contributed by atoms with Crippen molar-refractivity contribution in [3.63, 3.8) is 0 Å². The summed E-state index contributed by atoms with van der Waals surface area (Å²) in [6.07, 6.45) is 14.7. The molecule has 6 rings (SSSR count). The van der Waals surface area contributed by atoms with E-state index in [9.17, 15) is 4.79 Å². The molecule has 3 aromatic rings. The number of nitrogens with zero attached hydrogens (tertiary/aromatic N) is 4. The Kier molecular flexibility index (Phi) is 11.0. The van der Waals surface area contributed by atoms with Gasteiger partial charge in [0.1, 0.15) is 0 Å². The molecule has 4 heterocycles. The summed E-state index contributed by atoms with van der Waals surface area (Å²) in [7, 11) is 0. The maximum Gasteiger partial charge on any atom is 0.233 e. The number of hydrogen-bond acceptors (Lipinski definition) is 6. The van der Waals surface area contributed by atoms with E-state index >= 15 is 0 Å². The molecule has 1 unspecified atom stereocenters. The molecule has 3 aliphatic heterocycles. The van der Waals surface area contributed by atoms with Crippen molar-refractivity contribution in [1.82, 2.24) is 15.2 Å². The molecule has 2 fully saturated rings. The second-order valence-corrected chi connectivity index (χ2v) is 14.0. The summed E-state index contributed by atoms with van der Waals surface area (Å²) >= 11 is 10.1. The average Bonchev–Trinajstić information content (AvgIpc) is 3.42. The Morgan fingerprint density at radius 1 is 0.936 bits per heavy atom. The monoisotopic (exact) mass is 714 g/mol. The molecule has 2 aromatic carbocycles. The first-order chi connectivity index (χ1) is 23.0. The number of piperidine rings is 1. The number of allylic oxidation sites excluding steroid dienone is 2. The number of halogens is 2. The van der Waals surface area contributed by atoms with Crippen LogP contribution in [0.25, 0.3) is 16.8 Å². The van der Waals surface area contributed by atoms with Gasteiger partial charge < -0.3 is 20.4 Å². The summed E-state index contributed by atoms with van der Waals surface area (Å²) < 4.78 is 0. The zero-order valence-electron chi connectivity index (χ0n) is 26.9. The van der Waals surface area contributed by atoms with Crippen LogP contribution in [0.5, 0.6) is 0 Å². The number of carbonyl (C=O) groups excluding carboxylic acids is 1. The van der Waals surface area contributed by atoms with Crippen LogP contribution in [0.3, 0.4) is 0 Å². The molecular formula is C38H44BrClN6O. The van der Waals surface area contributed by atoms with Crippen molar-refractivity contribution in [3.05, 3.63) is 95.9 Å². The molecule has 1 amide bonds. The van der Waals surface area contributed by atoms with Gasteiger partial charge in [0, 0.05) is 36.9 Å². The lowest BCUT2D eigenvalue weighted by Gasteiger charge is -2.40. The van der Waals surface area contributed by atoms with Gasteiger partial charge in [0.25, 0.3) is 0 Å². The quantitative estimate of drug-likeness (QED) is 0.137. The minimum atomic E-state index is -0.447. The summed E-state index contributed by atoms with van der Waals surface area (Å²) in [5.41, 5.74) is 6.56. The Morgan fingerprint density at radius 2 is 1.66 bits per heavy atom. The Bertz CT molecular complexity index is 1620. The molecule has 2 saturated heterocycles. The van der Waals surface area contributed by atoms with E-state index in [0.29, 0.717) is 11.6 Å². The van der Waals surface area contributed by atoms with Crippen LogP contribution in [-0.4, -0.2) is 53.3 Å². The normalized spacial score (nSPS) is 18.9. The molecule has 9 heteroatoms. The predicted molar refractivity (Wildman–Crippen MR) is 199 cm³/mol. The summed E-state index contributed by atoms with van der Waals surface area (Å²) in [6.45, 7) is 6.90. The van der Waals surface area contributed by atoms with Crippen molar-refractivity contribution >= 4 is 56.7 Å². The zero-order valence-corrected chi connectivity index (χ0v) is 29.3. The van der Waals surface area contributed by atoms with Crippen LogP contribution in [0.1, 0.15) is 63.4 Å². The molecule has 0 bridgehead atoms. The molecule has 1 atom stereocenters. The van der Waals surface area contributed by atoms with E-state index in [4.69, 9.17) is 11.6 Å². The number of amides is 1. The Hall–Kier alpha value is -3.62. The molecule has 7 nitrogen and oxygen atoms in total. The van der Waals surface area contributed by atoms with Crippen molar-refractivity contribution in [3.8, 4) is 11.1 Å². The lowest BCUT2D eigenvalue weighted by atomic mass is 9.77. The third-order valence-corrected chi connectivity index (χ3v) is 10.6. The number of carbonyl (C=O) groups is 1. The van der Waals surface area contributed by atoms with Gasteiger partial charge in [0.15, 0.2) is 6.29 Å². The highest BCUT2D eigenvalue weighted by atomic mass is 79.9. The number of unbranched alkanes of at least 4 members (excludes halogenated alkanes) is 4. The minimum Gasteiger partial charge on any atom is -0.375 e. The SMILES string of the molecule is C=C(CCCCCCCBr)N1CCC2(CC1)CCN(c1cncc(NC3N=CC(Cl)=C(c4cccc(-c5ccccc5)c4)N3)c1)C2=O. The lowest BCUT2D eigenvalue weighted by molar-refractivity contribution is -0.127. The van der Waals surface area contributed by atoms with Crippen molar-refractivity contribution in [2.75, 3.05) is 35.2 Å². The fourth-order valence-corrected chi connectivity index (χ4v) is 7.55. The third kappa shape index (κ3) is 7.92. The van der Waals surface area contributed by atoms with Crippen LogP contribution >= 0.6 is 27.5 Å². The van der Waals surface area contributed by atoms with Gasteiger partial charge in [-0.3, -0.25) is 9.78 Å². The standard InChI is InChI=1S/C38H44BrClN6O/c1-28(11-6-3-2-4-9-19-39)45-20-16-38(17-21-45)18-22-46(36(38)47)33-24-32(25-41-26-33)43-37-42-27-34(40)35(44-37)31-15-10-14-30(23-31)29-12-7-5-8-13-29/h5,7-8,10,12-15,23-27,37,43-44H,1-4,6,9,11,16-22H2. The minimum absolute atomic E-state index is 0.220. The van der Waals surface area contributed by atoms with Crippen molar-refractivity contribution in [2.24, 2.45) is 10.4 Å². The summed E-state index contributed by atoms with van der Waals surface area (Å²) in [6, 6.07) is 20.6. The first kappa shape index (κ1) is 33.3. The Labute approximate surface area is 292 Å². The first-order valence-electron chi connectivity index (χ1n) is 16.8. The number of likely N-dealkylation sites (tertiary alicyclic amines) is 1. The molecule has 3 aliphatic rings. The highest BCUT2D eigenvalue weighted by Crippen LogP contribution is 2.44. The van der Waals surface area contributed by atoms with Gasteiger partial charge in [-0.1, -0.05) is 102 Å². The van der Waals surface area contributed by atoms with Gasteiger partial charge in [-0.15, -0.1) is 0 Å². The number of aliphatic imine (C=N–C) groups is 1. The second-order valence-electron chi connectivity index (χ2n) is 12.8. The van der Waals surface area contributed by atoms with Crippen LogP contribution in [-0.2, 0) is 4.79 Å². The van der Waals surface area contributed by atoms with Crippen LogP contribution in [0.4, 0.5) is 11.4 Å². The van der Waals surface area contributed by atoms with E-state index in [1.165, 1.54) is 37.8 Å². The average molecular weight is 716 g/mol. The van der Waals surface area contributed by atoms with E-state index in [2.05, 4.69) is 72.3 Å². The smallest absolute Gasteiger partial charge is 0.233 e. The third-order valence-electron chi connectivity index (χ3n) is 9.73. The van der Waals surface area contributed by atoms with Crippen LogP contribution in [0.2, 0.25) is 0 Å². The number of aromatic nitrogens is 1. The molecule has 1 spiro atoms. The lowest BCUT2D eigenvalue weighted by Crippen LogP contribution is -2.44. The predicted octanol–water partition coefficient (Wildman–Crippen LogP) is 8.79. The number of pyridine rings is 1. The number of benzene rings is 2. The van der Waals surface area contributed by atoms with Crippen molar-refractivity contribution < 1.29 is 4.79 Å². The van der Waals surface area contributed by atoms with Crippen molar-refractivity contribution in [2.45, 2.75) is 64.1 Å². The van der Waals surface area contributed by atoms with Crippen LogP contribution in [0, 0.1) is 5.41 Å². The molecule has 0 radical (unpaired) electrons. The molecule has 2 N–H and O–H groups in total. The summed E-state index contributed by atoms with van der Waals surface area (Å²) in [5, 5.41) is 8.51. The number of rotatable bonds is 13. The van der Waals surface area contributed by atoms with Crippen LogP contribution < -0.4 is 15.5 Å². The van der Waals surface area contributed by atoms with Crippen molar-refractivity contribution in [1.29, 1.82) is 0 Å². The molecule has 1 aromatic heterocycles. The maximum atomic E-state index is 13.9. The van der Waals surface area contributed by atoms with Gasteiger partial charge in [0.05, 0.1) is 39.9 Å². The topological polar surface area (TPSA) is 72.9 Å². The van der Waals surface area contributed by atoms with Gasteiger partial charge >= 0.3 is 0 Å².